The van der Waals surface area contributed by atoms with E-state index in [1.54, 1.807) is 55.5 Å². The highest BCUT2D eigenvalue weighted by Crippen LogP contribution is 2.33. The summed E-state index contributed by atoms with van der Waals surface area (Å²) in [6.07, 6.45) is -0.865. The summed E-state index contributed by atoms with van der Waals surface area (Å²) in [6, 6.07) is 13.3. The van der Waals surface area contributed by atoms with Gasteiger partial charge in [-0.3, -0.25) is 9.59 Å². The van der Waals surface area contributed by atoms with Gasteiger partial charge in [-0.25, -0.2) is 4.79 Å². The number of hydrogen-bond donors (Lipinski definition) is 1. The highest BCUT2D eigenvalue weighted by atomic mass is 16.5. The van der Waals surface area contributed by atoms with E-state index in [9.17, 15) is 14.4 Å². The Labute approximate surface area is 183 Å². The van der Waals surface area contributed by atoms with Crippen LogP contribution in [0.3, 0.4) is 0 Å². The molecule has 164 valence electrons. The van der Waals surface area contributed by atoms with Crippen LogP contribution in [0.4, 0.5) is 5.69 Å². The maximum absolute atomic E-state index is 12.8. The number of likely N-dealkylation sites (N-methyl/N-ethyl adjacent to an activating group) is 1. The minimum Gasteiger partial charge on any atom is -0.477 e. The molecule has 0 saturated heterocycles. The zero-order valence-electron chi connectivity index (χ0n) is 17.4. The summed E-state index contributed by atoms with van der Waals surface area (Å²) < 4.78 is 16.0. The smallest absolute Gasteiger partial charge is 0.338 e. The third kappa shape index (κ3) is 4.29. The van der Waals surface area contributed by atoms with Gasteiger partial charge in [-0.2, -0.15) is 4.98 Å². The fraction of sp³-hybridized carbons (Fsp3) is 0.227. The summed E-state index contributed by atoms with van der Waals surface area (Å²) >= 11 is 0. The summed E-state index contributed by atoms with van der Waals surface area (Å²) in [4.78, 5) is 42.8. The molecule has 2 amide bonds. The number of amides is 2. The van der Waals surface area contributed by atoms with Crippen LogP contribution in [0.1, 0.15) is 16.2 Å². The predicted octanol–water partition coefficient (Wildman–Crippen LogP) is 1.74. The molecule has 1 aliphatic rings. The fourth-order valence-electron chi connectivity index (χ4n) is 3.22. The molecule has 10 nitrogen and oxygen atoms in total. The van der Waals surface area contributed by atoms with Crippen LogP contribution in [-0.4, -0.2) is 54.2 Å². The molecule has 0 spiro atoms. The van der Waals surface area contributed by atoms with Crippen molar-refractivity contribution in [2.75, 3.05) is 25.1 Å². The molecule has 10 heteroatoms. The van der Waals surface area contributed by atoms with Crippen LogP contribution in [-0.2, 0) is 14.3 Å². The molecule has 0 saturated carbocycles. The number of aryl methyl sites for hydroxylation is 1. The summed E-state index contributed by atoms with van der Waals surface area (Å²) in [5, 5.41) is 6.24. The van der Waals surface area contributed by atoms with Crippen LogP contribution in [0.25, 0.3) is 11.5 Å². The van der Waals surface area contributed by atoms with Crippen LogP contribution in [0.5, 0.6) is 5.75 Å². The molecule has 0 bridgehead atoms. The summed E-state index contributed by atoms with van der Waals surface area (Å²) in [7, 11) is 1.49. The SMILES string of the molecule is CNC(=O)C1CN(C(=O)COC(=O)c2ccc(-c3nc(C)no3)cc2)c2ccccc2O1. The number of carbonyl (C=O) groups excluding carboxylic acids is 3. The molecule has 1 aromatic heterocycles. The van der Waals surface area contributed by atoms with E-state index < -0.39 is 24.6 Å². The van der Waals surface area contributed by atoms with Crippen molar-refractivity contribution in [3.05, 3.63) is 59.9 Å². The second-order valence-corrected chi connectivity index (χ2v) is 6.99. The lowest BCUT2D eigenvalue weighted by Gasteiger charge is -2.33. The first-order chi connectivity index (χ1) is 15.5. The van der Waals surface area contributed by atoms with Gasteiger partial charge in [0.25, 0.3) is 17.7 Å². The summed E-state index contributed by atoms with van der Waals surface area (Å²) in [5.74, 6) is -0.235. The molecule has 3 aromatic rings. The topological polar surface area (TPSA) is 124 Å². The number of nitrogens with one attached hydrogen (secondary N) is 1. The van der Waals surface area contributed by atoms with E-state index in [2.05, 4.69) is 15.5 Å². The molecule has 0 fully saturated rings. The summed E-state index contributed by atoms with van der Waals surface area (Å²) in [6.45, 7) is 1.23. The second kappa shape index (κ2) is 8.88. The van der Waals surface area contributed by atoms with Crippen molar-refractivity contribution in [1.29, 1.82) is 0 Å². The van der Waals surface area contributed by atoms with Crippen LogP contribution >= 0.6 is 0 Å². The Morgan fingerprint density at radius 2 is 1.91 bits per heavy atom. The largest absolute Gasteiger partial charge is 0.477 e. The Kier molecular flexibility index (Phi) is 5.84. The number of rotatable bonds is 5. The van der Waals surface area contributed by atoms with E-state index in [1.165, 1.54) is 11.9 Å². The Hall–Kier alpha value is -4.21. The number of fused-ring (bicyclic) bond motifs is 1. The number of para-hydroxylation sites is 2. The maximum Gasteiger partial charge on any atom is 0.338 e. The van der Waals surface area contributed by atoms with Gasteiger partial charge in [0.1, 0.15) is 5.75 Å². The Morgan fingerprint density at radius 3 is 2.59 bits per heavy atom. The Bertz CT molecular complexity index is 1160. The Balaban J connectivity index is 1.42. The van der Waals surface area contributed by atoms with Crippen LogP contribution < -0.4 is 15.0 Å². The molecule has 0 radical (unpaired) electrons. The number of aromatic nitrogens is 2. The molecule has 1 N–H and O–H groups in total. The number of carbonyl (C=O) groups is 3. The average Bonchev–Trinajstić information content (AvgIpc) is 3.27. The first kappa shape index (κ1) is 21.0. The fourth-order valence-corrected chi connectivity index (χ4v) is 3.22. The van der Waals surface area contributed by atoms with E-state index in [1.807, 2.05) is 0 Å². The van der Waals surface area contributed by atoms with E-state index in [0.29, 0.717) is 28.7 Å². The van der Waals surface area contributed by atoms with Crippen molar-refractivity contribution < 1.29 is 28.4 Å². The lowest BCUT2D eigenvalue weighted by atomic mass is 10.1. The van der Waals surface area contributed by atoms with Crippen molar-refractivity contribution in [2.45, 2.75) is 13.0 Å². The number of ether oxygens (including phenoxy) is 2. The van der Waals surface area contributed by atoms with Crippen molar-refractivity contribution in [1.82, 2.24) is 15.5 Å². The van der Waals surface area contributed by atoms with Gasteiger partial charge in [0.15, 0.2) is 18.5 Å². The second-order valence-electron chi connectivity index (χ2n) is 6.99. The highest BCUT2D eigenvalue weighted by Gasteiger charge is 2.33. The Morgan fingerprint density at radius 1 is 1.16 bits per heavy atom. The highest BCUT2D eigenvalue weighted by molar-refractivity contribution is 5.99. The standard InChI is InChI=1S/C22H20N4O6/c1-13-24-21(32-25-13)14-7-9-15(10-8-14)22(29)30-12-19(27)26-11-18(20(28)23-2)31-17-6-4-3-5-16(17)26/h3-10,18H,11-12H2,1-2H3,(H,23,28). The van der Waals surface area contributed by atoms with Gasteiger partial charge < -0.3 is 24.2 Å². The molecular weight excluding hydrogens is 416 g/mol. The van der Waals surface area contributed by atoms with Gasteiger partial charge in [-0.1, -0.05) is 17.3 Å². The van der Waals surface area contributed by atoms with Crippen LogP contribution in [0, 0.1) is 6.92 Å². The monoisotopic (exact) mass is 436 g/mol. The van der Waals surface area contributed by atoms with E-state index in [4.69, 9.17) is 14.0 Å². The lowest BCUT2D eigenvalue weighted by Crippen LogP contribution is -2.51. The maximum atomic E-state index is 12.8. The average molecular weight is 436 g/mol. The molecule has 4 rings (SSSR count). The summed E-state index contributed by atoms with van der Waals surface area (Å²) in [5.41, 5.74) is 1.43. The quantitative estimate of drug-likeness (QED) is 0.600. The number of nitrogens with zero attached hydrogens (tertiary/aromatic N) is 3. The first-order valence-corrected chi connectivity index (χ1v) is 9.82. The van der Waals surface area contributed by atoms with Crippen LogP contribution in [0.15, 0.2) is 53.1 Å². The van der Waals surface area contributed by atoms with Gasteiger partial charge in [0.05, 0.1) is 17.8 Å². The van der Waals surface area contributed by atoms with E-state index in [-0.39, 0.29) is 18.0 Å². The van der Waals surface area contributed by atoms with Crippen molar-refractivity contribution in [3.8, 4) is 17.2 Å². The molecule has 1 unspecified atom stereocenters. The predicted molar refractivity (Wildman–Crippen MR) is 112 cm³/mol. The van der Waals surface area contributed by atoms with Gasteiger partial charge >= 0.3 is 5.97 Å². The van der Waals surface area contributed by atoms with Gasteiger partial charge in [-0.05, 0) is 43.3 Å². The molecule has 1 aliphatic heterocycles. The molecule has 1 atom stereocenters. The van der Waals surface area contributed by atoms with Crippen molar-refractivity contribution >= 4 is 23.5 Å². The van der Waals surface area contributed by atoms with Crippen molar-refractivity contribution in [2.24, 2.45) is 0 Å². The molecular formula is C22H20N4O6. The zero-order valence-corrected chi connectivity index (χ0v) is 17.4. The van der Waals surface area contributed by atoms with Gasteiger partial charge in [0.2, 0.25) is 0 Å². The molecule has 0 aliphatic carbocycles. The van der Waals surface area contributed by atoms with E-state index in [0.717, 1.165) is 0 Å². The molecule has 2 aromatic carbocycles. The van der Waals surface area contributed by atoms with Crippen molar-refractivity contribution in [3.63, 3.8) is 0 Å². The molecule has 2 heterocycles. The van der Waals surface area contributed by atoms with Gasteiger partial charge in [0, 0.05) is 12.6 Å². The minimum atomic E-state index is -0.865. The third-order valence-corrected chi connectivity index (χ3v) is 4.84. The molecule has 32 heavy (non-hydrogen) atoms. The number of esters is 1. The normalized spacial score (nSPS) is 14.8. The van der Waals surface area contributed by atoms with Gasteiger partial charge in [-0.15, -0.1) is 0 Å². The number of benzene rings is 2. The number of hydrogen-bond acceptors (Lipinski definition) is 8. The lowest BCUT2D eigenvalue weighted by molar-refractivity contribution is -0.128. The number of anilines is 1. The zero-order chi connectivity index (χ0) is 22.7. The van der Waals surface area contributed by atoms with Crippen LogP contribution in [0.2, 0.25) is 0 Å². The first-order valence-electron chi connectivity index (χ1n) is 9.82. The third-order valence-electron chi connectivity index (χ3n) is 4.84. The van der Waals surface area contributed by atoms with E-state index >= 15 is 0 Å². The minimum absolute atomic E-state index is 0.00532.